The van der Waals surface area contributed by atoms with Crippen molar-refractivity contribution < 1.29 is 31.1 Å². The fraction of sp³-hybridized carbons (Fsp3) is 0.100. The summed E-state index contributed by atoms with van der Waals surface area (Å²) in [6, 6.07) is 10.6. The molecule has 1 N–H and O–H groups in total. The van der Waals surface area contributed by atoms with Gasteiger partial charge in [-0.1, -0.05) is 12.1 Å². The van der Waals surface area contributed by atoms with Crippen LogP contribution in [0.5, 0.6) is 0 Å². The zero-order valence-electron chi connectivity index (χ0n) is 14.5. The van der Waals surface area contributed by atoms with Crippen LogP contribution in [0.4, 0.5) is 32.0 Å². The first-order valence-corrected chi connectivity index (χ1v) is 8.15. The molecule has 2 aromatic carbocycles. The van der Waals surface area contributed by atoms with Gasteiger partial charge in [-0.2, -0.15) is 26.3 Å². The Kier molecular flexibility index (Phi) is 5.32. The Morgan fingerprint density at radius 3 is 1.86 bits per heavy atom. The largest absolute Gasteiger partial charge is 0.417 e. The molecule has 0 atom stereocenters. The summed E-state index contributed by atoms with van der Waals surface area (Å²) in [5.41, 5.74) is -0.708. The number of carbonyl (C=O) groups is 1. The second kappa shape index (κ2) is 7.57. The van der Waals surface area contributed by atoms with E-state index >= 15 is 0 Å². The van der Waals surface area contributed by atoms with E-state index in [2.05, 4.69) is 10.3 Å². The Morgan fingerprint density at radius 1 is 0.724 bits per heavy atom. The van der Waals surface area contributed by atoms with Gasteiger partial charge in [0.2, 0.25) is 0 Å². The third-order valence-electron chi connectivity index (χ3n) is 4.02. The van der Waals surface area contributed by atoms with Crippen molar-refractivity contribution in [3.63, 3.8) is 0 Å². The second-order valence-corrected chi connectivity index (χ2v) is 6.07. The van der Waals surface area contributed by atoms with E-state index in [1.807, 2.05) is 0 Å². The van der Waals surface area contributed by atoms with E-state index in [-0.39, 0.29) is 16.8 Å². The number of alkyl halides is 6. The zero-order valence-corrected chi connectivity index (χ0v) is 14.5. The molecular formula is C20H12F6N2O. The fourth-order valence-corrected chi connectivity index (χ4v) is 2.51. The van der Waals surface area contributed by atoms with Gasteiger partial charge < -0.3 is 5.32 Å². The molecule has 29 heavy (non-hydrogen) atoms. The van der Waals surface area contributed by atoms with Crippen molar-refractivity contribution in [2.24, 2.45) is 0 Å². The summed E-state index contributed by atoms with van der Waals surface area (Å²) >= 11 is 0. The zero-order chi connectivity index (χ0) is 21.2. The third-order valence-corrected chi connectivity index (χ3v) is 4.02. The first-order valence-electron chi connectivity index (χ1n) is 8.15. The molecule has 0 bridgehead atoms. The summed E-state index contributed by atoms with van der Waals surface area (Å²) in [6.07, 6.45) is -7.01. The highest BCUT2D eigenvalue weighted by atomic mass is 19.4. The molecule has 1 heterocycles. The number of halogens is 6. The van der Waals surface area contributed by atoms with Crippen LogP contribution in [0.1, 0.15) is 21.5 Å². The van der Waals surface area contributed by atoms with Gasteiger partial charge in [0.05, 0.1) is 11.1 Å². The molecule has 0 saturated carbocycles. The molecule has 0 spiro atoms. The normalized spacial score (nSPS) is 11.9. The lowest BCUT2D eigenvalue weighted by Crippen LogP contribution is -2.12. The minimum absolute atomic E-state index is 0.175. The van der Waals surface area contributed by atoms with Gasteiger partial charge in [-0.05, 0) is 48.0 Å². The first kappa shape index (κ1) is 20.4. The van der Waals surface area contributed by atoms with Gasteiger partial charge in [0, 0.05) is 29.2 Å². The van der Waals surface area contributed by atoms with E-state index in [1.165, 1.54) is 30.5 Å². The van der Waals surface area contributed by atoms with Gasteiger partial charge in [-0.25, -0.2) is 0 Å². The molecule has 0 radical (unpaired) electrons. The molecule has 0 unspecified atom stereocenters. The van der Waals surface area contributed by atoms with Gasteiger partial charge in [0.25, 0.3) is 5.91 Å². The standard InChI is InChI=1S/C20H12F6N2O/c21-19(22,23)15-5-7-17(8-6-15)28-18(29)13-3-1-12(2-4-13)14-9-16(11-27-10-14)20(24,25)26/h1-11H,(H,28,29). The number of benzene rings is 2. The van der Waals surface area contributed by atoms with Crippen LogP contribution in [-0.2, 0) is 12.4 Å². The average molecular weight is 410 g/mol. The van der Waals surface area contributed by atoms with E-state index < -0.39 is 29.4 Å². The van der Waals surface area contributed by atoms with E-state index in [4.69, 9.17) is 0 Å². The van der Waals surface area contributed by atoms with E-state index in [1.54, 1.807) is 0 Å². The van der Waals surface area contributed by atoms with E-state index in [0.29, 0.717) is 5.56 Å². The first-order chi connectivity index (χ1) is 13.5. The number of hydrogen-bond acceptors (Lipinski definition) is 2. The molecular weight excluding hydrogens is 398 g/mol. The van der Waals surface area contributed by atoms with Crippen LogP contribution in [0.15, 0.2) is 67.0 Å². The van der Waals surface area contributed by atoms with Gasteiger partial charge >= 0.3 is 12.4 Å². The molecule has 0 aliphatic carbocycles. The number of amides is 1. The van der Waals surface area contributed by atoms with Gasteiger partial charge in [0.15, 0.2) is 0 Å². The topological polar surface area (TPSA) is 42.0 Å². The lowest BCUT2D eigenvalue weighted by molar-refractivity contribution is -0.138. The number of carbonyl (C=O) groups excluding carboxylic acids is 1. The van der Waals surface area contributed by atoms with Crippen LogP contribution < -0.4 is 5.32 Å². The van der Waals surface area contributed by atoms with Crippen molar-refractivity contribution in [1.82, 2.24) is 4.98 Å². The molecule has 0 aliphatic rings. The Bertz CT molecular complexity index is 1010. The predicted octanol–water partition coefficient (Wildman–Crippen LogP) is 6.04. The third kappa shape index (κ3) is 4.92. The number of pyridine rings is 1. The minimum atomic E-state index is -4.52. The number of anilines is 1. The van der Waals surface area contributed by atoms with Crippen LogP contribution in [0.2, 0.25) is 0 Å². The molecule has 1 aromatic heterocycles. The van der Waals surface area contributed by atoms with Crippen molar-refractivity contribution in [2.75, 3.05) is 5.32 Å². The lowest BCUT2D eigenvalue weighted by atomic mass is 10.0. The molecule has 1 amide bonds. The summed E-state index contributed by atoms with van der Waals surface area (Å²) in [6.45, 7) is 0. The molecule has 0 fully saturated rings. The van der Waals surface area contributed by atoms with Crippen molar-refractivity contribution in [3.8, 4) is 11.1 Å². The van der Waals surface area contributed by atoms with Crippen LogP contribution in [0, 0.1) is 0 Å². The van der Waals surface area contributed by atoms with E-state index in [9.17, 15) is 31.1 Å². The number of rotatable bonds is 3. The molecule has 3 nitrogen and oxygen atoms in total. The van der Waals surface area contributed by atoms with Crippen LogP contribution in [-0.4, -0.2) is 10.9 Å². The number of hydrogen-bond donors (Lipinski definition) is 1. The number of nitrogens with one attached hydrogen (secondary N) is 1. The molecule has 9 heteroatoms. The van der Waals surface area contributed by atoms with Crippen molar-refractivity contribution in [3.05, 3.63) is 83.7 Å². The summed E-state index contributed by atoms with van der Waals surface area (Å²) < 4.78 is 76.1. The monoisotopic (exact) mass is 410 g/mol. The Labute approximate surface area is 161 Å². The van der Waals surface area contributed by atoms with Crippen LogP contribution in [0.3, 0.4) is 0 Å². The van der Waals surface area contributed by atoms with Crippen LogP contribution >= 0.6 is 0 Å². The maximum atomic E-state index is 12.8. The average Bonchev–Trinajstić information content (AvgIpc) is 2.67. The van der Waals surface area contributed by atoms with E-state index in [0.717, 1.165) is 36.5 Å². The highest BCUT2D eigenvalue weighted by Crippen LogP contribution is 2.32. The van der Waals surface area contributed by atoms with Crippen molar-refractivity contribution in [2.45, 2.75) is 12.4 Å². The smallest absolute Gasteiger partial charge is 0.322 e. The minimum Gasteiger partial charge on any atom is -0.322 e. The molecule has 3 aromatic rings. The summed E-state index contributed by atoms with van der Waals surface area (Å²) in [5.74, 6) is -0.571. The Morgan fingerprint density at radius 2 is 1.31 bits per heavy atom. The van der Waals surface area contributed by atoms with Gasteiger partial charge in [-0.15, -0.1) is 0 Å². The quantitative estimate of drug-likeness (QED) is 0.535. The van der Waals surface area contributed by atoms with Gasteiger partial charge in [0.1, 0.15) is 0 Å². The summed E-state index contributed by atoms with van der Waals surface area (Å²) in [7, 11) is 0. The van der Waals surface area contributed by atoms with Crippen LogP contribution in [0.25, 0.3) is 11.1 Å². The maximum Gasteiger partial charge on any atom is 0.417 e. The highest BCUT2D eigenvalue weighted by Gasteiger charge is 2.31. The predicted molar refractivity (Wildman–Crippen MR) is 94.1 cm³/mol. The SMILES string of the molecule is O=C(Nc1ccc(C(F)(F)F)cc1)c1ccc(-c2cncc(C(F)(F)F)c2)cc1. The molecule has 0 aliphatic heterocycles. The second-order valence-electron chi connectivity index (χ2n) is 6.07. The molecule has 150 valence electrons. The van der Waals surface area contributed by atoms with Gasteiger partial charge in [-0.3, -0.25) is 9.78 Å². The number of nitrogens with zero attached hydrogens (tertiary/aromatic N) is 1. The number of aromatic nitrogens is 1. The Balaban J connectivity index is 1.74. The highest BCUT2D eigenvalue weighted by molar-refractivity contribution is 6.04. The van der Waals surface area contributed by atoms with Crippen molar-refractivity contribution in [1.29, 1.82) is 0 Å². The maximum absolute atomic E-state index is 12.8. The fourth-order valence-electron chi connectivity index (χ4n) is 2.51. The van der Waals surface area contributed by atoms with Crippen molar-refractivity contribution >= 4 is 11.6 Å². The molecule has 3 rings (SSSR count). The molecule has 0 saturated heterocycles. The Hall–Kier alpha value is -3.36. The lowest BCUT2D eigenvalue weighted by Gasteiger charge is -2.10. The summed E-state index contributed by atoms with van der Waals surface area (Å²) in [4.78, 5) is 15.8. The summed E-state index contributed by atoms with van der Waals surface area (Å²) in [5, 5.41) is 2.46.